The van der Waals surface area contributed by atoms with Crippen LogP contribution in [0.4, 0.5) is 0 Å². The first-order chi connectivity index (χ1) is 6.35. The predicted molar refractivity (Wildman–Crippen MR) is 50.5 cm³/mol. The fraction of sp³-hybridized carbons (Fsp3) is 0.333. The molecule has 0 saturated heterocycles. The normalized spacial score (nSPS) is 6.46. The van der Waals surface area contributed by atoms with Crippen LogP contribution in [0.5, 0.6) is 0 Å². The van der Waals surface area contributed by atoms with E-state index in [1.165, 1.54) is 0 Å². The standard InChI is InChI=1S/C9H9O3P/c1-4-7-10-13(11-8-5-2)12-9-6-3/h1-3H3. The molecule has 0 aromatic heterocycles. The minimum absolute atomic E-state index is 1.60. The lowest BCUT2D eigenvalue weighted by atomic mass is 10.8. The van der Waals surface area contributed by atoms with Crippen molar-refractivity contribution in [1.29, 1.82) is 0 Å². The molecule has 0 aliphatic rings. The van der Waals surface area contributed by atoms with Crippen molar-refractivity contribution in [2.75, 3.05) is 0 Å². The molecular formula is C9H9O3P. The second-order valence-electron chi connectivity index (χ2n) is 1.55. The van der Waals surface area contributed by atoms with Crippen LogP contribution < -0.4 is 0 Å². The van der Waals surface area contributed by atoms with Crippen LogP contribution in [0, 0.1) is 36.1 Å². The van der Waals surface area contributed by atoms with E-state index < -0.39 is 8.60 Å². The van der Waals surface area contributed by atoms with Gasteiger partial charge in [-0.3, -0.25) is 0 Å². The third-order valence-electron chi connectivity index (χ3n) is 0.667. The molecule has 0 atom stereocenters. The fourth-order valence-corrected chi connectivity index (χ4v) is 0.914. The summed E-state index contributed by atoms with van der Waals surface area (Å²) in [5, 5.41) is 0. The van der Waals surface area contributed by atoms with Crippen molar-refractivity contribution in [3.05, 3.63) is 0 Å². The topological polar surface area (TPSA) is 27.7 Å². The highest BCUT2D eigenvalue weighted by molar-refractivity contribution is 7.42. The van der Waals surface area contributed by atoms with Crippen molar-refractivity contribution in [2.45, 2.75) is 20.8 Å². The molecule has 0 radical (unpaired) electrons. The lowest BCUT2D eigenvalue weighted by Crippen LogP contribution is -1.82. The molecule has 0 saturated carbocycles. The van der Waals surface area contributed by atoms with Crippen LogP contribution >= 0.6 is 8.60 Å². The average molecular weight is 196 g/mol. The maximum atomic E-state index is 4.85. The van der Waals surface area contributed by atoms with E-state index in [9.17, 15) is 0 Å². The molecule has 0 unspecified atom stereocenters. The number of hydrogen-bond acceptors (Lipinski definition) is 3. The molecule has 13 heavy (non-hydrogen) atoms. The van der Waals surface area contributed by atoms with E-state index in [4.69, 9.17) is 13.6 Å². The lowest BCUT2D eigenvalue weighted by Gasteiger charge is -2.03. The van der Waals surface area contributed by atoms with E-state index in [0.29, 0.717) is 0 Å². The molecule has 0 bridgehead atoms. The second-order valence-corrected chi connectivity index (χ2v) is 2.55. The van der Waals surface area contributed by atoms with Crippen molar-refractivity contribution in [3.63, 3.8) is 0 Å². The summed E-state index contributed by atoms with van der Waals surface area (Å²) in [6.07, 6.45) is 7.08. The van der Waals surface area contributed by atoms with Gasteiger partial charge in [-0.15, -0.1) is 0 Å². The molecule has 0 rings (SSSR count). The maximum absolute atomic E-state index is 4.85. The van der Waals surface area contributed by atoms with E-state index in [0.717, 1.165) is 0 Å². The fourth-order valence-electron chi connectivity index (χ4n) is 0.305. The Morgan fingerprint density at radius 2 is 1.00 bits per heavy atom. The van der Waals surface area contributed by atoms with Crippen molar-refractivity contribution in [3.8, 4) is 36.1 Å². The molecule has 68 valence electrons. The number of hydrogen-bond donors (Lipinski definition) is 0. The van der Waals surface area contributed by atoms with Gasteiger partial charge in [0.15, 0.2) is 0 Å². The Bertz CT molecular complexity index is 253. The Hall–Kier alpha value is -1.49. The van der Waals surface area contributed by atoms with E-state index in [1.807, 2.05) is 0 Å². The molecule has 0 N–H and O–H groups in total. The van der Waals surface area contributed by atoms with E-state index in [2.05, 4.69) is 36.1 Å². The quantitative estimate of drug-likeness (QED) is 0.511. The summed E-state index contributed by atoms with van der Waals surface area (Å²) in [5.41, 5.74) is 0. The van der Waals surface area contributed by atoms with Crippen molar-refractivity contribution in [2.24, 2.45) is 0 Å². The van der Waals surface area contributed by atoms with Crippen LogP contribution in [-0.2, 0) is 13.6 Å². The van der Waals surface area contributed by atoms with Gasteiger partial charge in [-0.05, 0) is 0 Å². The van der Waals surface area contributed by atoms with Crippen molar-refractivity contribution in [1.82, 2.24) is 0 Å². The van der Waals surface area contributed by atoms with Gasteiger partial charge in [0, 0.05) is 20.8 Å². The SMILES string of the molecule is CC#COP(OC#CC)OC#CC. The van der Waals surface area contributed by atoms with Gasteiger partial charge in [-0.25, -0.2) is 0 Å². The Morgan fingerprint density at radius 3 is 1.23 bits per heavy atom. The maximum Gasteiger partial charge on any atom is 0.557 e. The Balaban J connectivity index is 4.01. The summed E-state index contributed by atoms with van der Waals surface area (Å²) in [6.45, 7) is 4.93. The van der Waals surface area contributed by atoms with Gasteiger partial charge in [0.05, 0.1) is 0 Å². The lowest BCUT2D eigenvalue weighted by molar-refractivity contribution is 0.340. The highest BCUT2D eigenvalue weighted by Crippen LogP contribution is 2.38. The molecule has 0 spiro atoms. The van der Waals surface area contributed by atoms with Gasteiger partial charge in [0.2, 0.25) is 0 Å². The first kappa shape index (κ1) is 11.5. The van der Waals surface area contributed by atoms with Crippen LogP contribution in [0.15, 0.2) is 0 Å². The molecule has 0 fully saturated rings. The molecule has 3 nitrogen and oxygen atoms in total. The van der Waals surface area contributed by atoms with Crippen LogP contribution in [-0.4, -0.2) is 0 Å². The summed E-state index contributed by atoms with van der Waals surface area (Å²) < 4.78 is 14.5. The zero-order chi connectivity index (χ0) is 9.94. The van der Waals surface area contributed by atoms with E-state index in [-0.39, 0.29) is 0 Å². The van der Waals surface area contributed by atoms with E-state index >= 15 is 0 Å². The zero-order valence-corrected chi connectivity index (χ0v) is 8.57. The zero-order valence-electron chi connectivity index (χ0n) is 7.67. The summed E-state index contributed by atoms with van der Waals surface area (Å²) in [7, 11) is -1.60. The van der Waals surface area contributed by atoms with Gasteiger partial charge in [0.25, 0.3) is 0 Å². The third kappa shape index (κ3) is 6.89. The van der Waals surface area contributed by atoms with Gasteiger partial charge in [-0.2, -0.15) is 0 Å². The first-order valence-corrected chi connectivity index (χ1v) is 4.51. The molecule has 0 aromatic carbocycles. The second kappa shape index (κ2) is 8.61. The molecule has 0 aliphatic heterocycles. The average Bonchev–Trinajstić information content (AvgIpc) is 2.17. The Labute approximate surface area is 79.8 Å². The van der Waals surface area contributed by atoms with Crippen LogP contribution in [0.25, 0.3) is 0 Å². The van der Waals surface area contributed by atoms with Crippen LogP contribution in [0.2, 0.25) is 0 Å². The van der Waals surface area contributed by atoms with Gasteiger partial charge < -0.3 is 13.6 Å². The van der Waals surface area contributed by atoms with Crippen LogP contribution in [0.3, 0.4) is 0 Å². The highest BCUT2D eigenvalue weighted by atomic mass is 31.2. The summed E-state index contributed by atoms with van der Waals surface area (Å²) in [4.78, 5) is 0. The minimum atomic E-state index is -1.60. The van der Waals surface area contributed by atoms with Gasteiger partial charge >= 0.3 is 8.60 Å². The Morgan fingerprint density at radius 1 is 0.692 bits per heavy atom. The predicted octanol–water partition coefficient (Wildman–Crippen LogP) is 2.21. The molecule has 0 aliphatic carbocycles. The summed E-state index contributed by atoms with van der Waals surface area (Å²) in [6, 6.07) is 0. The molecule has 0 amide bonds. The molecule has 4 heteroatoms. The monoisotopic (exact) mass is 196 g/mol. The van der Waals surface area contributed by atoms with Crippen LogP contribution in [0.1, 0.15) is 20.8 Å². The number of rotatable bonds is 3. The van der Waals surface area contributed by atoms with Gasteiger partial charge in [-0.1, -0.05) is 17.8 Å². The smallest absolute Gasteiger partial charge is 0.354 e. The van der Waals surface area contributed by atoms with Crippen molar-refractivity contribution >= 4 is 8.60 Å². The first-order valence-electron chi connectivity index (χ1n) is 3.41. The molecule has 0 heterocycles. The molecular weight excluding hydrogens is 187 g/mol. The van der Waals surface area contributed by atoms with Gasteiger partial charge in [0.1, 0.15) is 18.3 Å². The highest BCUT2D eigenvalue weighted by Gasteiger charge is 2.12. The summed E-state index contributed by atoms with van der Waals surface area (Å²) in [5.74, 6) is 7.62. The van der Waals surface area contributed by atoms with Crippen molar-refractivity contribution < 1.29 is 13.6 Å². The summed E-state index contributed by atoms with van der Waals surface area (Å²) >= 11 is 0. The minimum Gasteiger partial charge on any atom is -0.354 e. The Kier molecular flexibility index (Phi) is 7.62. The van der Waals surface area contributed by atoms with E-state index in [1.54, 1.807) is 20.8 Å². The largest absolute Gasteiger partial charge is 0.557 e. The molecule has 0 aromatic rings. The third-order valence-corrected chi connectivity index (χ3v) is 1.39.